The quantitative estimate of drug-likeness (QED) is 0.677. The molecule has 4 heteroatoms. The molecule has 0 saturated heterocycles. The average Bonchev–Trinajstić information content (AvgIpc) is 2.60. The summed E-state index contributed by atoms with van der Waals surface area (Å²) in [6, 6.07) is 14.6. The summed E-state index contributed by atoms with van der Waals surface area (Å²) < 4.78 is 23.6. The summed E-state index contributed by atoms with van der Waals surface area (Å²) in [5.41, 5.74) is 0.856. The van der Waals surface area contributed by atoms with Gasteiger partial charge < -0.3 is 9.47 Å². The van der Waals surface area contributed by atoms with E-state index in [1.54, 1.807) is 19.2 Å². The van der Waals surface area contributed by atoms with Gasteiger partial charge in [0.05, 0.1) is 19.8 Å². The molecule has 0 radical (unpaired) electrons. The molecule has 0 amide bonds. The van der Waals surface area contributed by atoms with E-state index < -0.39 is 0 Å². The molecule has 23 heavy (non-hydrogen) atoms. The number of hydrogen-bond donors (Lipinski definition) is 0. The van der Waals surface area contributed by atoms with Gasteiger partial charge in [-0.2, -0.15) is 0 Å². The van der Waals surface area contributed by atoms with E-state index in [1.807, 2.05) is 18.2 Å². The van der Waals surface area contributed by atoms with Crippen LogP contribution in [-0.2, 0) is 0 Å². The lowest BCUT2D eigenvalue weighted by Crippen LogP contribution is -2.04. The first-order valence-electron chi connectivity index (χ1n) is 7.08. The number of carbonyl (C=O) groups excluding carboxylic acids is 1. The zero-order chi connectivity index (χ0) is 16.4. The maximum Gasteiger partial charge on any atom is 0.196 e. The van der Waals surface area contributed by atoms with Gasteiger partial charge in [0, 0.05) is 5.56 Å². The van der Waals surface area contributed by atoms with Crippen LogP contribution in [0.1, 0.15) is 15.9 Å². The first kappa shape index (κ1) is 15.0. The van der Waals surface area contributed by atoms with Crippen molar-refractivity contribution in [3.05, 3.63) is 71.5 Å². The monoisotopic (exact) mass is 310 g/mol. The van der Waals surface area contributed by atoms with Gasteiger partial charge in [-0.25, -0.2) is 4.39 Å². The summed E-state index contributed by atoms with van der Waals surface area (Å²) in [6.07, 6.45) is 0. The second-order valence-electron chi connectivity index (χ2n) is 5.10. The van der Waals surface area contributed by atoms with Crippen molar-refractivity contribution < 1.29 is 18.7 Å². The highest BCUT2D eigenvalue weighted by molar-refractivity contribution is 6.12. The van der Waals surface area contributed by atoms with Crippen LogP contribution in [0.2, 0.25) is 0 Å². The van der Waals surface area contributed by atoms with Crippen LogP contribution in [0.15, 0.2) is 54.6 Å². The van der Waals surface area contributed by atoms with Gasteiger partial charge in [0.15, 0.2) is 5.78 Å². The summed E-state index contributed by atoms with van der Waals surface area (Å²) in [5.74, 6) is 0.621. The van der Waals surface area contributed by atoms with Crippen LogP contribution in [0.5, 0.6) is 11.5 Å². The first-order valence-corrected chi connectivity index (χ1v) is 7.08. The van der Waals surface area contributed by atoms with E-state index in [1.165, 1.54) is 31.4 Å². The lowest BCUT2D eigenvalue weighted by molar-refractivity contribution is 0.103. The molecule has 0 spiro atoms. The molecule has 0 aliphatic heterocycles. The predicted molar refractivity (Wildman–Crippen MR) is 86.9 cm³/mol. The number of methoxy groups -OCH3 is 2. The lowest BCUT2D eigenvalue weighted by atomic mass is 9.98. The molecule has 116 valence electrons. The third kappa shape index (κ3) is 2.88. The summed E-state index contributed by atoms with van der Waals surface area (Å²) in [4.78, 5) is 12.7. The highest BCUT2D eigenvalue weighted by atomic mass is 19.1. The van der Waals surface area contributed by atoms with E-state index in [2.05, 4.69) is 0 Å². The van der Waals surface area contributed by atoms with Crippen LogP contribution in [-0.4, -0.2) is 20.0 Å². The SMILES string of the molecule is COc1ccc2cc(C(=O)c3ccc(F)cc3)c(OC)cc2c1. The molecular weight excluding hydrogens is 295 g/mol. The van der Waals surface area contributed by atoms with E-state index in [4.69, 9.17) is 9.47 Å². The Morgan fingerprint density at radius 2 is 1.61 bits per heavy atom. The average molecular weight is 310 g/mol. The topological polar surface area (TPSA) is 35.5 Å². The van der Waals surface area contributed by atoms with Gasteiger partial charge in [0.25, 0.3) is 0 Å². The van der Waals surface area contributed by atoms with E-state index in [-0.39, 0.29) is 11.6 Å². The first-order chi connectivity index (χ1) is 11.1. The number of benzene rings is 3. The van der Waals surface area contributed by atoms with Gasteiger partial charge in [0.2, 0.25) is 0 Å². The summed E-state index contributed by atoms with van der Waals surface area (Å²) in [7, 11) is 3.12. The van der Waals surface area contributed by atoms with Crippen LogP contribution in [0.4, 0.5) is 4.39 Å². The molecular formula is C19H15FO3. The van der Waals surface area contributed by atoms with E-state index >= 15 is 0 Å². The Hall–Kier alpha value is -2.88. The Morgan fingerprint density at radius 1 is 0.870 bits per heavy atom. The standard InChI is InChI=1S/C19H15FO3/c1-22-16-8-5-13-10-17(18(23-2)11-14(13)9-16)19(21)12-3-6-15(20)7-4-12/h3-11H,1-2H3. The van der Waals surface area contributed by atoms with Crippen molar-refractivity contribution >= 4 is 16.6 Å². The molecule has 0 bridgehead atoms. The Morgan fingerprint density at radius 3 is 2.26 bits per heavy atom. The van der Waals surface area contributed by atoms with Crippen molar-refractivity contribution in [3.8, 4) is 11.5 Å². The lowest BCUT2D eigenvalue weighted by Gasteiger charge is -2.11. The van der Waals surface area contributed by atoms with Crippen LogP contribution >= 0.6 is 0 Å². The van der Waals surface area contributed by atoms with Crippen LogP contribution < -0.4 is 9.47 Å². The second-order valence-corrected chi connectivity index (χ2v) is 5.10. The molecule has 0 fully saturated rings. The molecule has 0 saturated carbocycles. The molecule has 3 rings (SSSR count). The van der Waals surface area contributed by atoms with Crippen molar-refractivity contribution in [2.75, 3.05) is 14.2 Å². The van der Waals surface area contributed by atoms with Crippen LogP contribution in [0.25, 0.3) is 10.8 Å². The van der Waals surface area contributed by atoms with Gasteiger partial charge in [0.1, 0.15) is 17.3 Å². The van der Waals surface area contributed by atoms with Gasteiger partial charge in [-0.1, -0.05) is 6.07 Å². The number of fused-ring (bicyclic) bond motifs is 1. The maximum atomic E-state index is 13.0. The van der Waals surface area contributed by atoms with Gasteiger partial charge in [-0.15, -0.1) is 0 Å². The molecule has 0 aromatic heterocycles. The largest absolute Gasteiger partial charge is 0.497 e. The minimum Gasteiger partial charge on any atom is -0.497 e. The number of ether oxygens (including phenoxy) is 2. The van der Waals surface area contributed by atoms with Gasteiger partial charge in [-0.3, -0.25) is 4.79 Å². The number of rotatable bonds is 4. The van der Waals surface area contributed by atoms with Crippen molar-refractivity contribution in [2.45, 2.75) is 0 Å². The normalized spacial score (nSPS) is 10.6. The van der Waals surface area contributed by atoms with Crippen molar-refractivity contribution in [3.63, 3.8) is 0 Å². The fourth-order valence-electron chi connectivity index (χ4n) is 2.48. The molecule has 0 aliphatic rings. The predicted octanol–water partition coefficient (Wildman–Crippen LogP) is 4.23. The molecule has 0 heterocycles. The fraction of sp³-hybridized carbons (Fsp3) is 0.105. The van der Waals surface area contributed by atoms with Crippen LogP contribution in [0, 0.1) is 5.82 Å². The van der Waals surface area contributed by atoms with E-state index in [0.29, 0.717) is 16.9 Å². The Bertz CT molecular complexity index is 870. The molecule has 3 aromatic rings. The number of ketones is 1. The van der Waals surface area contributed by atoms with Crippen molar-refractivity contribution in [1.82, 2.24) is 0 Å². The number of carbonyl (C=O) groups is 1. The maximum absolute atomic E-state index is 13.0. The second kappa shape index (κ2) is 6.08. The molecule has 3 nitrogen and oxygen atoms in total. The van der Waals surface area contributed by atoms with Crippen molar-refractivity contribution in [1.29, 1.82) is 0 Å². The molecule has 0 N–H and O–H groups in total. The summed E-state index contributed by atoms with van der Waals surface area (Å²) in [6.45, 7) is 0. The molecule has 0 aliphatic carbocycles. The fourth-order valence-corrected chi connectivity index (χ4v) is 2.48. The van der Waals surface area contributed by atoms with Crippen molar-refractivity contribution in [2.24, 2.45) is 0 Å². The molecule has 0 unspecified atom stereocenters. The number of halogens is 1. The molecule has 0 atom stereocenters. The highest BCUT2D eigenvalue weighted by Crippen LogP contribution is 2.30. The minimum atomic E-state index is -0.376. The highest BCUT2D eigenvalue weighted by Gasteiger charge is 2.16. The Labute approximate surface area is 133 Å². The zero-order valence-electron chi connectivity index (χ0n) is 12.8. The van der Waals surface area contributed by atoms with Gasteiger partial charge >= 0.3 is 0 Å². The zero-order valence-corrected chi connectivity index (χ0v) is 12.8. The van der Waals surface area contributed by atoms with E-state index in [0.717, 1.165) is 16.5 Å². The van der Waals surface area contributed by atoms with Gasteiger partial charge in [-0.05, 0) is 59.3 Å². The minimum absolute atomic E-state index is 0.209. The third-order valence-corrected chi connectivity index (χ3v) is 3.72. The smallest absolute Gasteiger partial charge is 0.196 e. The summed E-state index contributed by atoms with van der Waals surface area (Å²) in [5, 5.41) is 1.81. The summed E-state index contributed by atoms with van der Waals surface area (Å²) >= 11 is 0. The molecule has 3 aromatic carbocycles. The van der Waals surface area contributed by atoms with E-state index in [9.17, 15) is 9.18 Å². The third-order valence-electron chi connectivity index (χ3n) is 3.72. The number of hydrogen-bond acceptors (Lipinski definition) is 3. The Kier molecular flexibility index (Phi) is 3.98. The van der Waals surface area contributed by atoms with Crippen LogP contribution in [0.3, 0.4) is 0 Å². The Balaban J connectivity index is 2.12.